The predicted octanol–water partition coefficient (Wildman–Crippen LogP) is 2.77. The average Bonchev–Trinajstić information content (AvgIpc) is 3.46. The molecule has 6 N–H and O–H groups in total. The van der Waals surface area contributed by atoms with Crippen LogP contribution in [0.2, 0.25) is 0 Å². The lowest BCUT2D eigenvalue weighted by molar-refractivity contribution is -0.130. The quantitative estimate of drug-likeness (QED) is 0.271. The first kappa shape index (κ1) is 26.3. The number of carbonyl (C=O) groups excluding carboxylic acids is 2. The molecule has 0 radical (unpaired) electrons. The van der Waals surface area contributed by atoms with Gasteiger partial charge in [0.1, 0.15) is 35.0 Å². The molecule has 0 spiro atoms. The highest BCUT2D eigenvalue weighted by atomic mass is 32.1. The summed E-state index contributed by atoms with van der Waals surface area (Å²) in [4.78, 5) is 33.7. The van der Waals surface area contributed by atoms with E-state index in [2.05, 4.69) is 15.3 Å². The molecule has 2 aromatic carbocycles. The Balaban J connectivity index is 1.49. The van der Waals surface area contributed by atoms with Gasteiger partial charge < -0.3 is 31.4 Å². The van der Waals surface area contributed by atoms with Crippen molar-refractivity contribution < 1.29 is 33.0 Å². The summed E-state index contributed by atoms with van der Waals surface area (Å²) < 4.78 is 40.6. The fourth-order valence-corrected chi connectivity index (χ4v) is 5.05. The Bertz CT molecular complexity index is 1630. The number of aromatic nitrogens is 2. The van der Waals surface area contributed by atoms with Gasteiger partial charge in [0.05, 0.1) is 24.0 Å². The van der Waals surface area contributed by atoms with Gasteiger partial charge in [0.2, 0.25) is 0 Å². The zero-order valence-corrected chi connectivity index (χ0v) is 21.6. The maximum Gasteiger partial charge on any atom is 0.263 e. The number of nitrogens with two attached hydrogens (primary N) is 2. The van der Waals surface area contributed by atoms with E-state index in [0.717, 1.165) is 0 Å². The lowest BCUT2D eigenvalue weighted by Gasteiger charge is -2.25. The maximum absolute atomic E-state index is 15.6. The number of methoxy groups -OCH3 is 1. The second-order valence-corrected chi connectivity index (χ2v) is 10.3. The third-order valence-corrected chi connectivity index (χ3v) is 7.26. The van der Waals surface area contributed by atoms with Crippen LogP contribution in [0, 0.1) is 5.82 Å². The van der Waals surface area contributed by atoms with Crippen LogP contribution in [0.3, 0.4) is 0 Å². The SMILES string of the molecule is COc1cc(C(=O)NC[C@](C)(O)c2cc3c(c(-c4ccc(F)cc4)n2)OCC3(F)C(N)=O)cc2sc(N)nc12. The fourth-order valence-electron chi connectivity index (χ4n) is 4.25. The minimum Gasteiger partial charge on any atom is -0.494 e. The van der Waals surface area contributed by atoms with Crippen LogP contribution in [0.4, 0.5) is 13.9 Å². The molecule has 0 bridgehead atoms. The monoisotopic (exact) mass is 555 g/mol. The first-order valence-corrected chi connectivity index (χ1v) is 12.4. The number of anilines is 1. The number of nitrogens with zero attached hydrogens (tertiary/aromatic N) is 2. The first-order chi connectivity index (χ1) is 18.4. The van der Waals surface area contributed by atoms with E-state index in [4.69, 9.17) is 20.9 Å². The van der Waals surface area contributed by atoms with Gasteiger partial charge in [-0.15, -0.1) is 0 Å². The molecule has 0 fully saturated rings. The number of benzene rings is 2. The van der Waals surface area contributed by atoms with Crippen molar-refractivity contribution >= 4 is 38.5 Å². The summed E-state index contributed by atoms with van der Waals surface area (Å²) in [7, 11) is 1.44. The van der Waals surface area contributed by atoms with Crippen LogP contribution in [0.1, 0.15) is 28.5 Å². The molecule has 1 aliphatic heterocycles. The lowest BCUT2D eigenvalue weighted by atomic mass is 9.91. The molecule has 3 heterocycles. The number of alkyl halides is 1. The lowest BCUT2D eigenvalue weighted by Crippen LogP contribution is -2.40. The molecule has 10 nitrogen and oxygen atoms in total. The molecule has 5 rings (SSSR count). The number of nitrogens with one attached hydrogen (secondary N) is 1. The third kappa shape index (κ3) is 4.59. The van der Waals surface area contributed by atoms with Crippen LogP contribution in [-0.4, -0.2) is 47.2 Å². The molecule has 2 atom stereocenters. The number of carbonyl (C=O) groups is 2. The maximum atomic E-state index is 15.6. The van der Waals surface area contributed by atoms with Gasteiger partial charge >= 0.3 is 0 Å². The summed E-state index contributed by atoms with van der Waals surface area (Å²) in [5, 5.41) is 14.3. The normalized spacial score (nSPS) is 17.8. The van der Waals surface area contributed by atoms with Crippen LogP contribution >= 0.6 is 11.3 Å². The van der Waals surface area contributed by atoms with E-state index in [9.17, 15) is 19.1 Å². The summed E-state index contributed by atoms with van der Waals surface area (Å²) in [6, 6.07) is 9.44. The highest BCUT2D eigenvalue weighted by molar-refractivity contribution is 7.22. The van der Waals surface area contributed by atoms with E-state index in [1.807, 2.05) is 0 Å². The summed E-state index contributed by atoms with van der Waals surface area (Å²) in [6.45, 7) is 0.342. The molecule has 39 heavy (non-hydrogen) atoms. The molecule has 1 unspecified atom stereocenters. The summed E-state index contributed by atoms with van der Waals surface area (Å²) >= 11 is 1.19. The Labute approximate surface area is 224 Å². The van der Waals surface area contributed by atoms with Crippen LogP contribution < -0.4 is 26.3 Å². The topological polar surface area (TPSA) is 163 Å². The molecule has 0 saturated carbocycles. The second-order valence-electron chi connectivity index (χ2n) is 9.23. The number of thiazole rings is 1. The number of fused-ring (bicyclic) bond motifs is 2. The van der Waals surface area contributed by atoms with Crippen LogP contribution in [0.25, 0.3) is 21.5 Å². The van der Waals surface area contributed by atoms with E-state index in [-0.39, 0.29) is 34.8 Å². The molecule has 0 saturated heterocycles. The zero-order valence-electron chi connectivity index (χ0n) is 20.7. The number of nitrogen functional groups attached to an aromatic ring is 1. The molecular formula is C26H23F2N5O5S. The number of hydrogen-bond donors (Lipinski definition) is 4. The number of hydrogen-bond acceptors (Lipinski definition) is 9. The standard InChI is InChI=1S/C26H23F2N5O5S/c1-25(36,10-31-22(34)13-7-16(37-2)20-17(8-13)39-24(30)33-20)18-9-15-21(38-11-26(15,28)23(29)35)19(32-18)12-3-5-14(27)6-4-12/h3-9,36H,10-11H2,1-2H3,(H2,29,35)(H2,30,33)(H,31,34)/t25-,26?/m0/s1. The van der Waals surface area contributed by atoms with E-state index in [0.29, 0.717) is 26.7 Å². The molecule has 2 aromatic heterocycles. The Morgan fingerprint density at radius 1 is 1.26 bits per heavy atom. The minimum atomic E-state index is -2.68. The largest absolute Gasteiger partial charge is 0.494 e. The highest BCUT2D eigenvalue weighted by Gasteiger charge is 2.49. The Kier molecular flexibility index (Phi) is 6.35. The van der Waals surface area contributed by atoms with Crippen molar-refractivity contribution in [2.75, 3.05) is 26.0 Å². The number of rotatable bonds is 7. The number of pyridine rings is 1. The third-order valence-electron chi connectivity index (χ3n) is 6.43. The fraction of sp³-hybridized carbons (Fsp3) is 0.231. The van der Waals surface area contributed by atoms with Gasteiger partial charge in [0.25, 0.3) is 17.5 Å². The molecule has 13 heteroatoms. The molecular weight excluding hydrogens is 532 g/mol. The van der Waals surface area contributed by atoms with Crippen LogP contribution in [-0.2, 0) is 16.1 Å². The van der Waals surface area contributed by atoms with Crippen molar-refractivity contribution in [3.63, 3.8) is 0 Å². The summed E-state index contributed by atoms with van der Waals surface area (Å²) in [5.74, 6) is -2.01. The predicted molar refractivity (Wildman–Crippen MR) is 140 cm³/mol. The zero-order chi connectivity index (χ0) is 28.1. The van der Waals surface area contributed by atoms with Crippen molar-refractivity contribution in [2.24, 2.45) is 5.73 Å². The average molecular weight is 556 g/mol. The van der Waals surface area contributed by atoms with Crippen molar-refractivity contribution in [1.82, 2.24) is 15.3 Å². The van der Waals surface area contributed by atoms with Crippen molar-refractivity contribution in [1.29, 1.82) is 0 Å². The first-order valence-electron chi connectivity index (χ1n) is 11.6. The number of amides is 2. The molecule has 1 aliphatic rings. The Morgan fingerprint density at radius 3 is 2.64 bits per heavy atom. The van der Waals surface area contributed by atoms with E-state index in [1.54, 1.807) is 6.07 Å². The van der Waals surface area contributed by atoms with Gasteiger partial charge in [-0.05, 0) is 49.4 Å². The van der Waals surface area contributed by atoms with E-state index >= 15 is 4.39 Å². The van der Waals surface area contributed by atoms with Gasteiger partial charge in [-0.1, -0.05) is 11.3 Å². The molecule has 0 aliphatic carbocycles. The minimum absolute atomic E-state index is 0.0456. The van der Waals surface area contributed by atoms with Crippen molar-refractivity contribution in [3.05, 3.63) is 65.1 Å². The van der Waals surface area contributed by atoms with Gasteiger partial charge in [0, 0.05) is 16.7 Å². The van der Waals surface area contributed by atoms with Gasteiger partial charge in [-0.2, -0.15) is 0 Å². The van der Waals surface area contributed by atoms with E-state index in [1.165, 1.54) is 61.8 Å². The van der Waals surface area contributed by atoms with Gasteiger partial charge in [0.15, 0.2) is 10.9 Å². The van der Waals surface area contributed by atoms with Crippen LogP contribution in [0.5, 0.6) is 11.5 Å². The number of aliphatic hydroxyl groups is 1. The smallest absolute Gasteiger partial charge is 0.263 e. The number of ether oxygens (including phenoxy) is 2. The molecule has 4 aromatic rings. The van der Waals surface area contributed by atoms with Crippen LogP contribution in [0.15, 0.2) is 42.5 Å². The second kappa shape index (κ2) is 9.43. The number of halogens is 2. The van der Waals surface area contributed by atoms with Crippen molar-refractivity contribution in [2.45, 2.75) is 18.2 Å². The Hall–Kier alpha value is -4.36. The van der Waals surface area contributed by atoms with E-state index < -0.39 is 35.5 Å². The summed E-state index contributed by atoms with van der Waals surface area (Å²) in [6.07, 6.45) is 0. The number of primary amides is 1. The van der Waals surface area contributed by atoms with Gasteiger partial charge in [-0.25, -0.2) is 18.7 Å². The van der Waals surface area contributed by atoms with Crippen molar-refractivity contribution in [3.8, 4) is 22.8 Å². The highest BCUT2D eigenvalue weighted by Crippen LogP contribution is 2.46. The molecule has 202 valence electrons. The summed E-state index contributed by atoms with van der Waals surface area (Å²) in [5.41, 5.74) is 7.50. The van der Waals surface area contributed by atoms with Gasteiger partial charge in [-0.3, -0.25) is 9.59 Å². The molecule has 2 amide bonds. The Morgan fingerprint density at radius 2 is 1.97 bits per heavy atom.